The molecule has 1 fully saturated rings. The molecule has 0 saturated heterocycles. The van der Waals surface area contributed by atoms with Gasteiger partial charge in [0.25, 0.3) is 0 Å². The summed E-state index contributed by atoms with van der Waals surface area (Å²) < 4.78 is 0. The van der Waals surface area contributed by atoms with Crippen LogP contribution in [0.2, 0.25) is 0 Å². The number of rotatable bonds is 1. The fourth-order valence-corrected chi connectivity index (χ4v) is 3.14. The van der Waals surface area contributed by atoms with Crippen LogP contribution in [0.1, 0.15) is 38.2 Å². The molecule has 0 bridgehead atoms. The third-order valence-electron chi connectivity index (χ3n) is 4.12. The van der Waals surface area contributed by atoms with Crippen LogP contribution in [0, 0.1) is 5.92 Å². The van der Waals surface area contributed by atoms with Crippen molar-refractivity contribution in [2.75, 3.05) is 0 Å². The lowest BCUT2D eigenvalue weighted by Gasteiger charge is -2.36. The highest BCUT2D eigenvalue weighted by molar-refractivity contribution is 5.79. The van der Waals surface area contributed by atoms with Gasteiger partial charge >= 0.3 is 0 Å². The number of benzene rings is 1. The molecule has 94 valence electrons. The standard InChI is InChI=1S/C16H19NO/c1-12-4-2-8-16(18,11-12)14-7-6-13-5-3-9-17-15(13)10-14/h3,5-7,9-10,12,18H,2,4,8,11H2,1H3. The van der Waals surface area contributed by atoms with Crippen molar-refractivity contribution in [3.05, 3.63) is 42.1 Å². The van der Waals surface area contributed by atoms with E-state index in [-0.39, 0.29) is 0 Å². The minimum absolute atomic E-state index is 0.600. The Bertz CT molecular complexity index is 566. The summed E-state index contributed by atoms with van der Waals surface area (Å²) in [6, 6.07) is 10.2. The Morgan fingerprint density at radius 3 is 3.06 bits per heavy atom. The van der Waals surface area contributed by atoms with Crippen LogP contribution in [0.25, 0.3) is 10.9 Å². The first-order chi connectivity index (χ1) is 8.67. The maximum absolute atomic E-state index is 10.8. The van der Waals surface area contributed by atoms with Crippen molar-refractivity contribution >= 4 is 10.9 Å². The molecule has 1 N–H and O–H groups in total. The lowest BCUT2D eigenvalue weighted by molar-refractivity contribution is -0.0177. The second kappa shape index (κ2) is 4.36. The van der Waals surface area contributed by atoms with Crippen molar-refractivity contribution in [1.82, 2.24) is 4.98 Å². The topological polar surface area (TPSA) is 33.1 Å². The Hall–Kier alpha value is -1.41. The molecule has 2 unspecified atom stereocenters. The second-order valence-corrected chi connectivity index (χ2v) is 5.64. The van der Waals surface area contributed by atoms with E-state index in [0.29, 0.717) is 5.92 Å². The molecule has 2 atom stereocenters. The van der Waals surface area contributed by atoms with Gasteiger partial charge in [-0.15, -0.1) is 0 Å². The third-order valence-corrected chi connectivity index (χ3v) is 4.12. The van der Waals surface area contributed by atoms with Crippen molar-refractivity contribution in [2.45, 2.75) is 38.2 Å². The number of hydrogen-bond acceptors (Lipinski definition) is 2. The second-order valence-electron chi connectivity index (χ2n) is 5.64. The molecular weight excluding hydrogens is 222 g/mol. The van der Waals surface area contributed by atoms with Gasteiger partial charge in [-0.05, 0) is 42.9 Å². The molecule has 18 heavy (non-hydrogen) atoms. The van der Waals surface area contributed by atoms with E-state index in [1.54, 1.807) is 6.20 Å². The molecule has 1 aliphatic rings. The number of aromatic nitrogens is 1. The predicted molar refractivity (Wildman–Crippen MR) is 73.3 cm³/mol. The quantitative estimate of drug-likeness (QED) is 0.827. The van der Waals surface area contributed by atoms with Gasteiger partial charge in [-0.1, -0.05) is 31.5 Å². The van der Waals surface area contributed by atoms with Crippen molar-refractivity contribution in [3.63, 3.8) is 0 Å². The molecule has 1 aromatic carbocycles. The van der Waals surface area contributed by atoms with Crippen LogP contribution >= 0.6 is 0 Å². The number of pyridine rings is 1. The summed E-state index contributed by atoms with van der Waals surface area (Å²) in [6.45, 7) is 2.23. The lowest BCUT2D eigenvalue weighted by Crippen LogP contribution is -2.31. The largest absolute Gasteiger partial charge is 0.385 e. The first-order valence-electron chi connectivity index (χ1n) is 6.75. The molecule has 2 nitrogen and oxygen atoms in total. The number of aliphatic hydroxyl groups is 1. The molecule has 1 aliphatic carbocycles. The van der Waals surface area contributed by atoms with Gasteiger partial charge in [-0.25, -0.2) is 0 Å². The van der Waals surface area contributed by atoms with Gasteiger partial charge < -0.3 is 5.11 Å². The maximum atomic E-state index is 10.8. The van der Waals surface area contributed by atoms with Crippen molar-refractivity contribution < 1.29 is 5.11 Å². The van der Waals surface area contributed by atoms with Crippen LogP contribution in [-0.2, 0) is 5.60 Å². The van der Waals surface area contributed by atoms with E-state index in [4.69, 9.17) is 0 Å². The smallest absolute Gasteiger partial charge is 0.0899 e. The highest BCUT2D eigenvalue weighted by Crippen LogP contribution is 2.40. The molecule has 1 saturated carbocycles. The monoisotopic (exact) mass is 241 g/mol. The molecule has 0 radical (unpaired) electrons. The SMILES string of the molecule is CC1CCCC(O)(c2ccc3cccnc3c2)C1. The van der Waals surface area contributed by atoms with E-state index in [0.717, 1.165) is 35.7 Å². The van der Waals surface area contributed by atoms with Gasteiger partial charge in [-0.2, -0.15) is 0 Å². The summed E-state index contributed by atoms with van der Waals surface area (Å²) in [7, 11) is 0. The molecule has 2 aromatic rings. The van der Waals surface area contributed by atoms with Gasteiger partial charge in [0, 0.05) is 11.6 Å². The predicted octanol–water partition coefficient (Wildman–Crippen LogP) is 3.63. The highest BCUT2D eigenvalue weighted by atomic mass is 16.3. The Labute approximate surface area is 108 Å². The van der Waals surface area contributed by atoms with Crippen molar-refractivity contribution in [1.29, 1.82) is 0 Å². The maximum Gasteiger partial charge on any atom is 0.0899 e. The molecule has 0 aliphatic heterocycles. The molecule has 1 heterocycles. The minimum atomic E-state index is -0.649. The Balaban J connectivity index is 2.02. The Morgan fingerprint density at radius 1 is 1.33 bits per heavy atom. The van der Waals surface area contributed by atoms with Gasteiger partial charge in [0.05, 0.1) is 11.1 Å². The average molecular weight is 241 g/mol. The van der Waals surface area contributed by atoms with Crippen molar-refractivity contribution in [3.8, 4) is 0 Å². The summed E-state index contributed by atoms with van der Waals surface area (Å²) in [5.74, 6) is 0.600. The van der Waals surface area contributed by atoms with Gasteiger partial charge in [0.2, 0.25) is 0 Å². The average Bonchev–Trinajstić information content (AvgIpc) is 2.38. The summed E-state index contributed by atoms with van der Waals surface area (Å²) in [5.41, 5.74) is 1.35. The van der Waals surface area contributed by atoms with E-state index in [1.165, 1.54) is 6.42 Å². The normalized spacial score (nSPS) is 28.4. The summed E-state index contributed by atoms with van der Waals surface area (Å²) in [5, 5.41) is 12.0. The zero-order valence-electron chi connectivity index (χ0n) is 10.8. The minimum Gasteiger partial charge on any atom is -0.385 e. The number of nitrogens with zero attached hydrogens (tertiary/aromatic N) is 1. The zero-order chi connectivity index (χ0) is 12.6. The number of hydrogen-bond donors (Lipinski definition) is 1. The van der Waals surface area contributed by atoms with Crippen LogP contribution in [0.4, 0.5) is 0 Å². The van der Waals surface area contributed by atoms with E-state index < -0.39 is 5.60 Å². The van der Waals surface area contributed by atoms with Gasteiger partial charge in [0.15, 0.2) is 0 Å². The Kier molecular flexibility index (Phi) is 2.83. The molecule has 1 aromatic heterocycles. The van der Waals surface area contributed by atoms with Crippen LogP contribution < -0.4 is 0 Å². The number of fused-ring (bicyclic) bond motifs is 1. The van der Waals surface area contributed by atoms with E-state index in [9.17, 15) is 5.11 Å². The van der Waals surface area contributed by atoms with E-state index in [1.807, 2.05) is 12.1 Å². The summed E-state index contributed by atoms with van der Waals surface area (Å²) >= 11 is 0. The fraction of sp³-hybridized carbons (Fsp3) is 0.438. The molecule has 0 spiro atoms. The van der Waals surface area contributed by atoms with Crippen LogP contribution in [-0.4, -0.2) is 10.1 Å². The first-order valence-corrected chi connectivity index (χ1v) is 6.75. The van der Waals surface area contributed by atoms with Crippen LogP contribution in [0.15, 0.2) is 36.5 Å². The molecule has 0 amide bonds. The molecular formula is C16H19NO. The highest BCUT2D eigenvalue weighted by Gasteiger charge is 2.34. The van der Waals surface area contributed by atoms with E-state index in [2.05, 4.69) is 30.1 Å². The Morgan fingerprint density at radius 2 is 2.22 bits per heavy atom. The first kappa shape index (κ1) is 11.7. The van der Waals surface area contributed by atoms with Crippen LogP contribution in [0.5, 0.6) is 0 Å². The molecule has 2 heteroatoms. The van der Waals surface area contributed by atoms with Gasteiger partial charge in [0.1, 0.15) is 0 Å². The lowest BCUT2D eigenvalue weighted by atomic mass is 9.75. The van der Waals surface area contributed by atoms with Gasteiger partial charge in [-0.3, -0.25) is 4.98 Å². The zero-order valence-corrected chi connectivity index (χ0v) is 10.8. The van der Waals surface area contributed by atoms with E-state index >= 15 is 0 Å². The van der Waals surface area contributed by atoms with Crippen molar-refractivity contribution in [2.24, 2.45) is 5.92 Å². The fourth-order valence-electron chi connectivity index (χ4n) is 3.14. The summed E-state index contributed by atoms with van der Waals surface area (Å²) in [6.07, 6.45) is 5.88. The third kappa shape index (κ3) is 2.01. The van der Waals surface area contributed by atoms with Crippen LogP contribution in [0.3, 0.4) is 0 Å². The summed E-state index contributed by atoms with van der Waals surface area (Å²) in [4.78, 5) is 4.38. The molecule has 3 rings (SSSR count).